The molecule has 0 amide bonds. The third-order valence-electron chi connectivity index (χ3n) is 6.20. The minimum absolute atomic E-state index is 0.135. The molecular formula is C17H24F2O8S. The number of halogens is 2. The maximum atomic E-state index is 13.0. The lowest BCUT2D eigenvalue weighted by Gasteiger charge is -2.58. The van der Waals surface area contributed by atoms with E-state index in [1.54, 1.807) is 0 Å². The third-order valence-corrected chi connectivity index (χ3v) is 7.07. The quantitative estimate of drug-likeness (QED) is 0.442. The standard InChI is InChI=1S/C17H24F2O8S/c18-17(19,28(23,24)25)9-27-14(21)2-1-13(20)26-8-16-5-10-3-11(6-16)15(22)12(4-10)7-16/h10-12,15,22H,1-9H2,(H,23,24,25). The Morgan fingerprint density at radius 1 is 1.04 bits per heavy atom. The molecule has 8 nitrogen and oxygen atoms in total. The number of carbonyl (C=O) groups excluding carboxylic acids is 2. The average Bonchev–Trinajstić information content (AvgIpc) is 2.59. The fourth-order valence-electron chi connectivity index (χ4n) is 5.16. The largest absolute Gasteiger partial charge is 0.465 e. The van der Waals surface area contributed by atoms with Gasteiger partial charge in [0.05, 0.1) is 25.6 Å². The van der Waals surface area contributed by atoms with E-state index in [0.717, 1.165) is 32.1 Å². The second-order valence-corrected chi connectivity index (χ2v) is 9.94. The first-order valence-corrected chi connectivity index (χ1v) is 10.7. The Morgan fingerprint density at radius 3 is 2.11 bits per heavy atom. The van der Waals surface area contributed by atoms with Crippen molar-refractivity contribution in [1.82, 2.24) is 0 Å². The van der Waals surface area contributed by atoms with E-state index in [0.29, 0.717) is 5.92 Å². The van der Waals surface area contributed by atoms with Crippen molar-refractivity contribution >= 4 is 22.1 Å². The van der Waals surface area contributed by atoms with Gasteiger partial charge in [0.25, 0.3) is 0 Å². The van der Waals surface area contributed by atoms with Gasteiger partial charge in [-0.25, -0.2) is 0 Å². The van der Waals surface area contributed by atoms with Crippen LogP contribution in [0.15, 0.2) is 0 Å². The van der Waals surface area contributed by atoms with Gasteiger partial charge in [-0.05, 0) is 49.9 Å². The van der Waals surface area contributed by atoms with Gasteiger partial charge in [0.15, 0.2) is 6.61 Å². The number of esters is 2. The van der Waals surface area contributed by atoms with E-state index < -0.39 is 40.3 Å². The predicted molar refractivity (Wildman–Crippen MR) is 89.6 cm³/mol. The molecule has 4 bridgehead atoms. The lowest BCUT2D eigenvalue weighted by Crippen LogP contribution is -2.55. The molecule has 0 heterocycles. The summed E-state index contributed by atoms with van der Waals surface area (Å²) in [5.41, 5.74) is -0.135. The zero-order valence-electron chi connectivity index (χ0n) is 15.2. The molecule has 0 aromatic rings. The van der Waals surface area contributed by atoms with Gasteiger partial charge in [0.1, 0.15) is 0 Å². The molecule has 11 heteroatoms. The number of rotatable bonds is 8. The molecule has 4 aliphatic rings. The van der Waals surface area contributed by atoms with Crippen LogP contribution in [0.3, 0.4) is 0 Å². The molecule has 160 valence electrons. The molecule has 2 unspecified atom stereocenters. The summed E-state index contributed by atoms with van der Waals surface area (Å²) in [6.07, 6.45) is 3.37. The number of aliphatic hydroxyl groups is 1. The summed E-state index contributed by atoms with van der Waals surface area (Å²) < 4.78 is 64.5. The van der Waals surface area contributed by atoms with Gasteiger partial charge >= 0.3 is 27.3 Å². The van der Waals surface area contributed by atoms with Crippen molar-refractivity contribution < 1.29 is 45.9 Å². The van der Waals surface area contributed by atoms with Crippen LogP contribution in [0, 0.1) is 23.2 Å². The highest BCUT2D eigenvalue weighted by Crippen LogP contribution is 2.60. The first-order valence-electron chi connectivity index (χ1n) is 9.25. The number of carbonyl (C=O) groups is 2. The van der Waals surface area contributed by atoms with Crippen molar-refractivity contribution in [2.24, 2.45) is 23.2 Å². The summed E-state index contributed by atoms with van der Waals surface area (Å²) in [4.78, 5) is 23.3. The molecule has 4 aliphatic carbocycles. The Hall–Kier alpha value is -1.33. The van der Waals surface area contributed by atoms with Crippen LogP contribution in [0.25, 0.3) is 0 Å². The third kappa shape index (κ3) is 4.46. The van der Waals surface area contributed by atoms with Crippen LogP contribution >= 0.6 is 0 Å². The molecule has 2 atom stereocenters. The van der Waals surface area contributed by atoms with Crippen molar-refractivity contribution in [3.05, 3.63) is 0 Å². The highest BCUT2D eigenvalue weighted by atomic mass is 32.2. The molecule has 0 spiro atoms. The zero-order chi connectivity index (χ0) is 20.7. The van der Waals surface area contributed by atoms with Crippen LogP contribution in [0.1, 0.15) is 44.9 Å². The van der Waals surface area contributed by atoms with Gasteiger partial charge in [-0.3, -0.25) is 14.1 Å². The molecule has 4 rings (SSSR count). The molecular weight excluding hydrogens is 402 g/mol. The van der Waals surface area contributed by atoms with Crippen molar-refractivity contribution in [3.8, 4) is 0 Å². The lowest BCUT2D eigenvalue weighted by molar-refractivity contribution is -0.171. The van der Waals surface area contributed by atoms with Crippen molar-refractivity contribution in [1.29, 1.82) is 0 Å². The zero-order valence-corrected chi connectivity index (χ0v) is 16.0. The molecule has 0 aromatic carbocycles. The van der Waals surface area contributed by atoms with Gasteiger partial charge in [0, 0.05) is 5.41 Å². The fourth-order valence-corrected chi connectivity index (χ4v) is 5.37. The van der Waals surface area contributed by atoms with Gasteiger partial charge in [-0.15, -0.1) is 0 Å². The van der Waals surface area contributed by atoms with Crippen molar-refractivity contribution in [2.75, 3.05) is 13.2 Å². The SMILES string of the molecule is O=C(CCC(=O)OCC(F)(F)S(=O)(=O)O)OCC12CC3CC(C1)C(O)C(C3)C2. The summed E-state index contributed by atoms with van der Waals surface area (Å²) in [5, 5.41) is 5.65. The number of hydrogen-bond donors (Lipinski definition) is 2. The van der Waals surface area contributed by atoms with E-state index in [1.165, 1.54) is 0 Å². The van der Waals surface area contributed by atoms with Gasteiger partial charge < -0.3 is 14.6 Å². The van der Waals surface area contributed by atoms with Crippen LogP contribution in [0.2, 0.25) is 0 Å². The summed E-state index contributed by atoms with van der Waals surface area (Å²) in [6, 6.07) is 0. The molecule has 4 saturated carbocycles. The highest BCUT2D eigenvalue weighted by Gasteiger charge is 2.55. The van der Waals surface area contributed by atoms with Crippen LogP contribution in [-0.2, 0) is 29.2 Å². The smallest absolute Gasteiger partial charge is 0.402 e. The number of hydrogen-bond acceptors (Lipinski definition) is 7. The first kappa shape index (κ1) is 21.4. The average molecular weight is 426 g/mol. The summed E-state index contributed by atoms with van der Waals surface area (Å²) >= 11 is 0. The predicted octanol–water partition coefficient (Wildman–Crippen LogP) is 1.52. The van der Waals surface area contributed by atoms with Gasteiger partial charge in [0.2, 0.25) is 0 Å². The van der Waals surface area contributed by atoms with E-state index in [4.69, 9.17) is 9.29 Å². The normalized spacial score (nSPS) is 34.3. The fraction of sp³-hybridized carbons (Fsp3) is 0.882. The topological polar surface area (TPSA) is 127 Å². The Kier molecular flexibility index (Phi) is 5.72. The second-order valence-electron chi connectivity index (χ2n) is 8.39. The Morgan fingerprint density at radius 2 is 1.57 bits per heavy atom. The highest BCUT2D eigenvalue weighted by molar-refractivity contribution is 7.86. The minimum Gasteiger partial charge on any atom is -0.465 e. The summed E-state index contributed by atoms with van der Waals surface area (Å²) in [6.45, 7) is -1.62. The number of alkyl halides is 2. The molecule has 0 radical (unpaired) electrons. The van der Waals surface area contributed by atoms with E-state index in [9.17, 15) is 31.9 Å². The first-order chi connectivity index (χ1) is 12.9. The van der Waals surface area contributed by atoms with Crippen LogP contribution < -0.4 is 0 Å². The lowest BCUT2D eigenvalue weighted by atomic mass is 9.49. The number of ether oxygens (including phenoxy) is 2. The van der Waals surface area contributed by atoms with E-state index in [-0.39, 0.29) is 36.4 Å². The van der Waals surface area contributed by atoms with Crippen LogP contribution in [0.4, 0.5) is 8.78 Å². The maximum Gasteiger partial charge on any atom is 0.402 e. The second kappa shape index (κ2) is 7.49. The number of aliphatic hydroxyl groups excluding tert-OH is 1. The molecule has 28 heavy (non-hydrogen) atoms. The Bertz CT molecular complexity index is 721. The summed E-state index contributed by atoms with van der Waals surface area (Å²) in [7, 11) is -5.68. The van der Waals surface area contributed by atoms with Crippen molar-refractivity contribution in [2.45, 2.75) is 56.3 Å². The monoisotopic (exact) mass is 426 g/mol. The molecule has 0 saturated heterocycles. The van der Waals surface area contributed by atoms with Crippen LogP contribution in [0.5, 0.6) is 0 Å². The Balaban J connectivity index is 1.40. The minimum atomic E-state index is -5.68. The summed E-state index contributed by atoms with van der Waals surface area (Å²) in [5.74, 6) is -0.846. The van der Waals surface area contributed by atoms with E-state index in [1.807, 2.05) is 0 Å². The van der Waals surface area contributed by atoms with E-state index in [2.05, 4.69) is 4.74 Å². The Labute approximate surface area is 161 Å². The molecule has 2 N–H and O–H groups in total. The molecule has 0 aliphatic heterocycles. The molecule has 4 fully saturated rings. The maximum absolute atomic E-state index is 13.0. The van der Waals surface area contributed by atoms with Crippen molar-refractivity contribution in [3.63, 3.8) is 0 Å². The molecule has 0 aromatic heterocycles. The van der Waals surface area contributed by atoms with Crippen LogP contribution in [-0.4, -0.2) is 54.6 Å². The van der Waals surface area contributed by atoms with Gasteiger partial charge in [-0.1, -0.05) is 0 Å². The van der Waals surface area contributed by atoms with Gasteiger partial charge in [-0.2, -0.15) is 17.2 Å². The van der Waals surface area contributed by atoms with E-state index >= 15 is 0 Å².